The van der Waals surface area contributed by atoms with E-state index in [0.29, 0.717) is 0 Å². The first-order chi connectivity index (χ1) is 31.6. The number of hydrogen-bond donors (Lipinski definition) is 0. The molecule has 0 aliphatic carbocycles. The van der Waals surface area contributed by atoms with Gasteiger partial charge in [-0.25, -0.2) is 4.98 Å². The van der Waals surface area contributed by atoms with Gasteiger partial charge in [-0.15, -0.1) is 0 Å². The van der Waals surface area contributed by atoms with Gasteiger partial charge in [0, 0.05) is 54.1 Å². The molecule has 0 saturated heterocycles. The lowest BCUT2D eigenvalue weighted by Gasteiger charge is -2.15. The van der Waals surface area contributed by atoms with Crippen LogP contribution in [0.5, 0.6) is 0 Å². The molecule has 0 spiro atoms. The van der Waals surface area contributed by atoms with Gasteiger partial charge < -0.3 is 4.57 Å². The highest BCUT2D eigenvalue weighted by Gasteiger charge is 2.13. The van der Waals surface area contributed by atoms with Crippen LogP contribution in [0.4, 0.5) is 0 Å². The Hall–Kier alpha value is -7.95. The second-order valence-electron chi connectivity index (χ2n) is 16.5. The molecule has 0 fully saturated rings. The standard InChI is InChI=1S/C60H48N4/c1-64-36-35-61-60(64)51-26-23-43(24-27-51)19-21-45-37-46(22-20-44-25-33-58(62-41-44)50-13-6-3-7-14-50)39-55(38-45)57-18-9-8-17-56(57)54-32-34-59(63-42-54)53-16-10-15-52(40-53)49-30-28-48(29-31-49)47-11-4-2-5-12-47/h2-18,23-42H,19-22H2,1H3. The van der Waals surface area contributed by atoms with Gasteiger partial charge in [0.2, 0.25) is 0 Å². The summed E-state index contributed by atoms with van der Waals surface area (Å²) in [6, 6.07) is 71.9. The minimum Gasteiger partial charge on any atom is -0.334 e. The number of hydrogen-bond acceptors (Lipinski definition) is 3. The molecule has 0 aliphatic heterocycles. The van der Waals surface area contributed by atoms with Crippen LogP contribution in [0.15, 0.2) is 225 Å². The molecule has 0 radical (unpaired) electrons. The SMILES string of the molecule is Cn1ccnc1-c1ccc(CCc2cc(CCc3ccc(-c4ccccc4)nc3)cc(-c3ccccc3-c3ccc(-c4cccc(-c5ccc(-c6ccccc6)cc5)c4)nc3)c2)cc1. The molecule has 7 aromatic carbocycles. The second kappa shape index (κ2) is 18.6. The van der Waals surface area contributed by atoms with Crippen LogP contribution in [-0.4, -0.2) is 19.5 Å². The van der Waals surface area contributed by atoms with Gasteiger partial charge in [0.1, 0.15) is 5.82 Å². The Morgan fingerprint density at radius 2 is 0.828 bits per heavy atom. The van der Waals surface area contributed by atoms with Gasteiger partial charge in [-0.05, 0) is 105 Å². The summed E-state index contributed by atoms with van der Waals surface area (Å²) >= 11 is 0. The Labute approximate surface area is 376 Å². The van der Waals surface area contributed by atoms with Crippen molar-refractivity contribution < 1.29 is 0 Å². The largest absolute Gasteiger partial charge is 0.334 e. The molecule has 0 bridgehead atoms. The molecular weight excluding hydrogens is 777 g/mol. The lowest BCUT2D eigenvalue weighted by molar-refractivity contribution is 0.921. The predicted molar refractivity (Wildman–Crippen MR) is 265 cm³/mol. The average molecular weight is 825 g/mol. The number of nitrogens with zero attached hydrogens (tertiary/aromatic N) is 4. The zero-order valence-electron chi connectivity index (χ0n) is 36.0. The van der Waals surface area contributed by atoms with Crippen LogP contribution in [0.25, 0.3) is 78.4 Å². The van der Waals surface area contributed by atoms with E-state index in [9.17, 15) is 0 Å². The minimum absolute atomic E-state index is 0.910. The van der Waals surface area contributed by atoms with Gasteiger partial charge in [-0.3, -0.25) is 9.97 Å². The maximum Gasteiger partial charge on any atom is 0.139 e. The van der Waals surface area contributed by atoms with E-state index < -0.39 is 0 Å². The predicted octanol–water partition coefficient (Wildman–Crippen LogP) is 14.4. The van der Waals surface area contributed by atoms with E-state index in [1.54, 1.807) is 0 Å². The Bertz CT molecular complexity index is 3110. The van der Waals surface area contributed by atoms with Gasteiger partial charge in [-0.1, -0.05) is 182 Å². The molecule has 0 atom stereocenters. The van der Waals surface area contributed by atoms with E-state index in [2.05, 4.69) is 204 Å². The summed E-state index contributed by atoms with van der Waals surface area (Å²) in [5, 5.41) is 0. The smallest absolute Gasteiger partial charge is 0.139 e. The van der Waals surface area contributed by atoms with E-state index in [1.165, 1.54) is 61.2 Å². The fourth-order valence-corrected chi connectivity index (χ4v) is 8.65. The van der Waals surface area contributed by atoms with E-state index in [4.69, 9.17) is 9.97 Å². The summed E-state index contributed by atoms with van der Waals surface area (Å²) in [7, 11) is 2.04. The highest BCUT2D eigenvalue weighted by Crippen LogP contribution is 2.35. The molecule has 3 heterocycles. The van der Waals surface area contributed by atoms with Crippen molar-refractivity contribution in [2.75, 3.05) is 0 Å². The molecule has 3 aromatic heterocycles. The van der Waals surface area contributed by atoms with Crippen LogP contribution in [-0.2, 0) is 32.7 Å². The van der Waals surface area contributed by atoms with Crippen LogP contribution >= 0.6 is 0 Å². The van der Waals surface area contributed by atoms with Crippen molar-refractivity contribution >= 4 is 0 Å². The Kier molecular flexibility index (Phi) is 11.7. The summed E-state index contributed by atoms with van der Waals surface area (Å²) in [6.07, 6.45) is 11.6. The van der Waals surface area contributed by atoms with Crippen LogP contribution in [0.3, 0.4) is 0 Å². The lowest BCUT2D eigenvalue weighted by atomic mass is 9.90. The molecule has 4 heteroatoms. The molecule has 10 rings (SSSR count). The van der Waals surface area contributed by atoms with Crippen molar-refractivity contribution in [2.24, 2.45) is 7.05 Å². The molecule has 0 saturated carbocycles. The zero-order valence-corrected chi connectivity index (χ0v) is 36.0. The van der Waals surface area contributed by atoms with Crippen LogP contribution in [0.2, 0.25) is 0 Å². The lowest BCUT2D eigenvalue weighted by Crippen LogP contribution is -1.98. The molecule has 0 aliphatic rings. The van der Waals surface area contributed by atoms with E-state index >= 15 is 0 Å². The maximum absolute atomic E-state index is 5.05. The third-order valence-electron chi connectivity index (χ3n) is 12.2. The highest BCUT2D eigenvalue weighted by molar-refractivity contribution is 5.84. The molecule has 0 N–H and O–H groups in total. The number of imidazole rings is 1. The third-order valence-corrected chi connectivity index (χ3v) is 12.2. The van der Waals surface area contributed by atoms with Crippen LogP contribution in [0, 0.1) is 0 Å². The molecule has 64 heavy (non-hydrogen) atoms. The van der Waals surface area contributed by atoms with Crippen molar-refractivity contribution in [2.45, 2.75) is 25.7 Å². The monoisotopic (exact) mass is 824 g/mol. The van der Waals surface area contributed by atoms with E-state index in [-0.39, 0.29) is 0 Å². The van der Waals surface area contributed by atoms with Crippen molar-refractivity contribution in [3.63, 3.8) is 0 Å². The molecule has 10 aromatic rings. The summed E-state index contributed by atoms with van der Waals surface area (Å²) in [5.41, 5.74) is 20.0. The van der Waals surface area contributed by atoms with Gasteiger partial charge in [-0.2, -0.15) is 0 Å². The second-order valence-corrected chi connectivity index (χ2v) is 16.5. The van der Waals surface area contributed by atoms with Gasteiger partial charge in [0.05, 0.1) is 11.4 Å². The quantitative estimate of drug-likeness (QED) is 0.116. The van der Waals surface area contributed by atoms with Crippen molar-refractivity contribution in [1.29, 1.82) is 0 Å². The number of aryl methyl sites for hydroxylation is 5. The number of aromatic nitrogens is 4. The third kappa shape index (κ3) is 9.13. The highest BCUT2D eigenvalue weighted by atomic mass is 15.0. The van der Waals surface area contributed by atoms with Gasteiger partial charge in [0.25, 0.3) is 0 Å². The van der Waals surface area contributed by atoms with E-state index in [1.807, 2.05) is 37.9 Å². The maximum atomic E-state index is 5.05. The number of pyridine rings is 2. The van der Waals surface area contributed by atoms with Crippen molar-refractivity contribution in [3.05, 3.63) is 247 Å². The van der Waals surface area contributed by atoms with Crippen molar-refractivity contribution in [3.8, 4) is 78.4 Å². The summed E-state index contributed by atoms with van der Waals surface area (Å²) in [5.74, 6) is 0.979. The Balaban J connectivity index is 0.912. The molecule has 0 unspecified atom stereocenters. The fraction of sp³-hybridized carbons (Fsp3) is 0.0833. The van der Waals surface area contributed by atoms with Gasteiger partial charge >= 0.3 is 0 Å². The minimum atomic E-state index is 0.910. The molecular formula is C60H48N4. The average Bonchev–Trinajstić information content (AvgIpc) is 3.81. The summed E-state index contributed by atoms with van der Waals surface area (Å²) in [4.78, 5) is 14.4. The fourth-order valence-electron chi connectivity index (χ4n) is 8.65. The number of benzene rings is 7. The first kappa shape index (κ1) is 40.1. The van der Waals surface area contributed by atoms with Crippen molar-refractivity contribution in [1.82, 2.24) is 19.5 Å². The molecule has 0 amide bonds. The number of rotatable bonds is 13. The van der Waals surface area contributed by atoms with Crippen LogP contribution < -0.4 is 0 Å². The molecule has 308 valence electrons. The van der Waals surface area contributed by atoms with E-state index in [0.717, 1.165) is 65.1 Å². The first-order valence-electron chi connectivity index (χ1n) is 22.1. The Morgan fingerprint density at radius 1 is 0.328 bits per heavy atom. The molecule has 4 nitrogen and oxygen atoms in total. The Morgan fingerprint density at radius 3 is 1.47 bits per heavy atom. The normalized spacial score (nSPS) is 11.1. The van der Waals surface area contributed by atoms with Crippen LogP contribution in [0.1, 0.15) is 22.3 Å². The first-order valence-corrected chi connectivity index (χ1v) is 22.1. The van der Waals surface area contributed by atoms with Gasteiger partial charge in [0.15, 0.2) is 0 Å². The summed E-state index contributed by atoms with van der Waals surface area (Å²) < 4.78 is 2.06. The topological polar surface area (TPSA) is 43.6 Å². The summed E-state index contributed by atoms with van der Waals surface area (Å²) in [6.45, 7) is 0. The zero-order chi connectivity index (χ0) is 43.1.